The van der Waals surface area contributed by atoms with Gasteiger partial charge in [-0.2, -0.15) is 0 Å². The van der Waals surface area contributed by atoms with E-state index in [1.165, 1.54) is 18.2 Å². The Balaban J connectivity index is 2.05. The number of nitrogens with zero attached hydrogens (tertiary/aromatic N) is 1. The highest BCUT2D eigenvalue weighted by atomic mass is 32.2. The third-order valence-electron chi connectivity index (χ3n) is 2.73. The highest BCUT2D eigenvalue weighted by Crippen LogP contribution is 2.15. The molecule has 6 heteroatoms. The molecule has 2 rings (SSSR count). The third-order valence-corrected chi connectivity index (χ3v) is 3.82. The van der Waals surface area contributed by atoms with Crippen molar-refractivity contribution in [2.24, 2.45) is 0 Å². The Labute approximate surface area is 119 Å². The quantitative estimate of drug-likeness (QED) is 0.679. The predicted octanol–water partition coefficient (Wildman–Crippen LogP) is 2.72. The zero-order chi connectivity index (χ0) is 14.5. The van der Waals surface area contributed by atoms with Gasteiger partial charge in [0.25, 0.3) is 5.69 Å². The Hall–Kier alpha value is -2.05. The molecule has 0 fully saturated rings. The fourth-order valence-electron chi connectivity index (χ4n) is 1.77. The molecule has 5 nitrogen and oxygen atoms in total. The largest absolute Gasteiger partial charge is 0.270 e. The van der Waals surface area contributed by atoms with Crippen LogP contribution in [-0.2, 0) is 17.5 Å². The van der Waals surface area contributed by atoms with E-state index in [1.54, 1.807) is 6.07 Å². The summed E-state index contributed by atoms with van der Waals surface area (Å²) in [6, 6.07) is 13.7. The number of aryl methyl sites for hydroxylation is 1. The Morgan fingerprint density at radius 3 is 2.65 bits per heavy atom. The molecular formula is C14H14N2O3S. The van der Waals surface area contributed by atoms with E-state index in [9.17, 15) is 14.3 Å². The van der Waals surface area contributed by atoms with Gasteiger partial charge in [0, 0.05) is 18.7 Å². The first-order valence-corrected chi connectivity index (χ1v) is 7.16. The summed E-state index contributed by atoms with van der Waals surface area (Å²) < 4.78 is 14.9. The molecule has 2 aromatic carbocycles. The number of benzene rings is 2. The van der Waals surface area contributed by atoms with Gasteiger partial charge in [-0.1, -0.05) is 35.9 Å². The molecule has 0 spiro atoms. The smallest absolute Gasteiger partial charge is 0.258 e. The molecular weight excluding hydrogens is 276 g/mol. The van der Waals surface area contributed by atoms with Crippen LogP contribution < -0.4 is 4.72 Å². The van der Waals surface area contributed by atoms with E-state index in [0.717, 1.165) is 11.1 Å². The van der Waals surface area contributed by atoms with E-state index in [2.05, 4.69) is 4.72 Å². The van der Waals surface area contributed by atoms with Gasteiger partial charge in [-0.3, -0.25) is 10.1 Å². The second-order valence-corrected chi connectivity index (χ2v) is 5.63. The van der Waals surface area contributed by atoms with Gasteiger partial charge in [-0.05, 0) is 18.6 Å². The lowest BCUT2D eigenvalue weighted by Crippen LogP contribution is -2.16. The maximum Gasteiger partial charge on any atom is 0.270 e. The van der Waals surface area contributed by atoms with Crippen LogP contribution in [0.15, 0.2) is 53.4 Å². The first-order valence-electron chi connectivity index (χ1n) is 6.01. The molecule has 0 bridgehead atoms. The molecule has 0 saturated heterocycles. The molecule has 1 unspecified atom stereocenters. The van der Waals surface area contributed by atoms with Crippen LogP contribution in [0.25, 0.3) is 0 Å². The van der Waals surface area contributed by atoms with Crippen LogP contribution >= 0.6 is 0 Å². The lowest BCUT2D eigenvalue weighted by molar-refractivity contribution is -0.385. The van der Waals surface area contributed by atoms with E-state index >= 15 is 0 Å². The van der Waals surface area contributed by atoms with E-state index in [1.807, 2.05) is 31.2 Å². The minimum Gasteiger partial charge on any atom is -0.258 e. The predicted molar refractivity (Wildman–Crippen MR) is 77.5 cm³/mol. The summed E-state index contributed by atoms with van der Waals surface area (Å²) in [5.74, 6) is 0. The molecule has 0 aliphatic rings. The van der Waals surface area contributed by atoms with Crippen molar-refractivity contribution in [1.29, 1.82) is 0 Å². The van der Waals surface area contributed by atoms with Crippen molar-refractivity contribution in [1.82, 2.24) is 4.72 Å². The molecule has 1 N–H and O–H groups in total. The van der Waals surface area contributed by atoms with Crippen LogP contribution in [0.5, 0.6) is 0 Å². The molecule has 0 amide bonds. The summed E-state index contributed by atoms with van der Waals surface area (Å²) in [5, 5.41) is 10.7. The van der Waals surface area contributed by atoms with Gasteiger partial charge in [-0.25, -0.2) is 8.93 Å². The lowest BCUT2D eigenvalue weighted by atomic mass is 10.1. The van der Waals surface area contributed by atoms with Crippen molar-refractivity contribution in [2.45, 2.75) is 18.4 Å². The summed E-state index contributed by atoms with van der Waals surface area (Å²) in [7, 11) is -1.47. The van der Waals surface area contributed by atoms with Crippen LogP contribution in [-0.4, -0.2) is 9.13 Å². The van der Waals surface area contributed by atoms with Crippen LogP contribution in [0.1, 0.15) is 11.1 Å². The highest BCUT2D eigenvalue weighted by Gasteiger charge is 2.10. The molecule has 0 radical (unpaired) electrons. The van der Waals surface area contributed by atoms with Crippen LogP contribution in [0, 0.1) is 17.0 Å². The molecule has 0 aliphatic carbocycles. The Bertz CT molecular complexity index is 658. The zero-order valence-corrected chi connectivity index (χ0v) is 11.7. The van der Waals surface area contributed by atoms with Gasteiger partial charge in [0.1, 0.15) is 11.0 Å². The SMILES string of the molecule is Cc1cccc(CNS(=O)c2cccc([N+](=O)[O-])c2)c1. The maximum absolute atomic E-state index is 12.1. The van der Waals surface area contributed by atoms with E-state index in [4.69, 9.17) is 0 Å². The van der Waals surface area contributed by atoms with Gasteiger partial charge in [0.05, 0.1) is 9.82 Å². The first-order chi connectivity index (χ1) is 9.56. The molecule has 0 heterocycles. The lowest BCUT2D eigenvalue weighted by Gasteiger charge is -2.05. The standard InChI is InChI=1S/C14H14N2O3S/c1-11-4-2-5-12(8-11)10-15-20(19)14-7-3-6-13(9-14)16(17)18/h2-9,15H,10H2,1H3. The minimum absolute atomic E-state index is 0.0618. The number of rotatable bonds is 5. The van der Waals surface area contributed by atoms with Crippen molar-refractivity contribution in [3.63, 3.8) is 0 Å². The summed E-state index contributed by atoms with van der Waals surface area (Å²) in [6.07, 6.45) is 0. The van der Waals surface area contributed by atoms with Crippen LogP contribution in [0.3, 0.4) is 0 Å². The van der Waals surface area contributed by atoms with Gasteiger partial charge in [0.2, 0.25) is 0 Å². The van der Waals surface area contributed by atoms with Gasteiger partial charge in [-0.15, -0.1) is 0 Å². The van der Waals surface area contributed by atoms with Crippen molar-refractivity contribution < 1.29 is 9.13 Å². The molecule has 104 valence electrons. The van der Waals surface area contributed by atoms with Crippen molar-refractivity contribution in [3.05, 3.63) is 69.8 Å². The summed E-state index contributed by atoms with van der Waals surface area (Å²) >= 11 is 0. The van der Waals surface area contributed by atoms with E-state index in [0.29, 0.717) is 11.4 Å². The molecule has 0 aromatic heterocycles. The molecule has 0 saturated carbocycles. The summed E-state index contributed by atoms with van der Waals surface area (Å²) in [6.45, 7) is 2.43. The topological polar surface area (TPSA) is 72.2 Å². The van der Waals surface area contributed by atoms with Gasteiger partial charge in [0.15, 0.2) is 0 Å². The monoisotopic (exact) mass is 290 g/mol. The maximum atomic E-state index is 12.1. The van der Waals surface area contributed by atoms with Crippen LogP contribution in [0.2, 0.25) is 0 Å². The molecule has 0 aliphatic heterocycles. The average molecular weight is 290 g/mol. The fraction of sp³-hybridized carbons (Fsp3) is 0.143. The van der Waals surface area contributed by atoms with Crippen molar-refractivity contribution in [3.8, 4) is 0 Å². The Morgan fingerprint density at radius 1 is 1.20 bits per heavy atom. The average Bonchev–Trinajstić information content (AvgIpc) is 2.45. The van der Waals surface area contributed by atoms with Crippen molar-refractivity contribution >= 4 is 16.7 Å². The van der Waals surface area contributed by atoms with Crippen LogP contribution in [0.4, 0.5) is 5.69 Å². The van der Waals surface area contributed by atoms with E-state index < -0.39 is 15.9 Å². The highest BCUT2D eigenvalue weighted by molar-refractivity contribution is 7.83. The Morgan fingerprint density at radius 2 is 1.95 bits per heavy atom. The second kappa shape index (κ2) is 6.40. The fourth-order valence-corrected chi connectivity index (χ4v) is 2.66. The normalized spacial score (nSPS) is 12.1. The molecule has 20 heavy (non-hydrogen) atoms. The zero-order valence-electron chi connectivity index (χ0n) is 10.9. The number of non-ortho nitro benzene ring substituents is 1. The molecule has 2 aromatic rings. The molecule has 1 atom stereocenters. The Kier molecular flexibility index (Phi) is 4.60. The minimum atomic E-state index is -1.47. The van der Waals surface area contributed by atoms with Gasteiger partial charge < -0.3 is 0 Å². The summed E-state index contributed by atoms with van der Waals surface area (Å²) in [5.41, 5.74) is 2.09. The summed E-state index contributed by atoms with van der Waals surface area (Å²) in [4.78, 5) is 10.6. The number of hydrogen-bond donors (Lipinski definition) is 1. The number of nitro groups is 1. The first kappa shape index (κ1) is 14.4. The van der Waals surface area contributed by atoms with E-state index in [-0.39, 0.29) is 5.69 Å². The second-order valence-electron chi connectivity index (χ2n) is 4.33. The van der Waals surface area contributed by atoms with Gasteiger partial charge >= 0.3 is 0 Å². The van der Waals surface area contributed by atoms with Crippen molar-refractivity contribution in [2.75, 3.05) is 0 Å². The number of nitrogens with one attached hydrogen (secondary N) is 1. The number of hydrogen-bond acceptors (Lipinski definition) is 3. The third kappa shape index (κ3) is 3.72. The number of nitro benzene ring substituents is 1.